The second-order valence-corrected chi connectivity index (χ2v) is 6.00. The maximum Gasteiger partial charge on any atom is 0.159 e. The lowest BCUT2D eigenvalue weighted by atomic mass is 10.1. The van der Waals surface area contributed by atoms with Crippen LogP contribution in [0.2, 0.25) is 5.02 Å². The van der Waals surface area contributed by atoms with Crippen LogP contribution in [0.15, 0.2) is 48.5 Å². The van der Waals surface area contributed by atoms with Gasteiger partial charge in [-0.25, -0.2) is 0 Å². The van der Waals surface area contributed by atoms with Crippen LogP contribution in [0.5, 0.6) is 0 Å². The first-order valence-electron chi connectivity index (χ1n) is 7.50. The Kier molecular flexibility index (Phi) is 4.34. The first-order valence-corrected chi connectivity index (χ1v) is 7.88. The van der Waals surface area contributed by atoms with Gasteiger partial charge in [0, 0.05) is 48.1 Å². The van der Waals surface area contributed by atoms with Crippen LogP contribution in [0.3, 0.4) is 0 Å². The summed E-state index contributed by atoms with van der Waals surface area (Å²) < 4.78 is 0. The molecule has 0 aliphatic carbocycles. The highest BCUT2D eigenvalue weighted by molar-refractivity contribution is 6.30. The highest BCUT2D eigenvalue weighted by atomic mass is 35.5. The zero-order chi connectivity index (χ0) is 15.5. The van der Waals surface area contributed by atoms with Crippen molar-refractivity contribution in [3.63, 3.8) is 0 Å². The van der Waals surface area contributed by atoms with Crippen molar-refractivity contribution in [1.29, 1.82) is 0 Å². The van der Waals surface area contributed by atoms with Crippen molar-refractivity contribution < 1.29 is 4.79 Å². The summed E-state index contributed by atoms with van der Waals surface area (Å²) in [4.78, 5) is 16.2. The van der Waals surface area contributed by atoms with Crippen LogP contribution in [-0.4, -0.2) is 32.0 Å². The van der Waals surface area contributed by atoms with Gasteiger partial charge >= 0.3 is 0 Å². The smallest absolute Gasteiger partial charge is 0.159 e. The minimum Gasteiger partial charge on any atom is -0.368 e. The average molecular weight is 315 g/mol. The van der Waals surface area contributed by atoms with Gasteiger partial charge in [0.1, 0.15) is 0 Å². The summed E-state index contributed by atoms with van der Waals surface area (Å²) in [5, 5.41) is 0.772. The number of hydrogen-bond acceptors (Lipinski definition) is 3. The molecule has 0 amide bonds. The molecule has 0 radical (unpaired) electrons. The van der Waals surface area contributed by atoms with Gasteiger partial charge in [0.2, 0.25) is 0 Å². The van der Waals surface area contributed by atoms with Crippen LogP contribution in [0.4, 0.5) is 11.4 Å². The van der Waals surface area contributed by atoms with Crippen LogP contribution < -0.4 is 9.80 Å². The van der Waals surface area contributed by atoms with Crippen molar-refractivity contribution >= 4 is 28.8 Å². The fraction of sp³-hybridized carbons (Fsp3) is 0.278. The summed E-state index contributed by atoms with van der Waals surface area (Å²) >= 11 is 6.07. The molecule has 0 saturated carbocycles. The second-order valence-electron chi connectivity index (χ2n) is 5.56. The van der Waals surface area contributed by atoms with E-state index >= 15 is 0 Å². The van der Waals surface area contributed by atoms with Crippen LogP contribution >= 0.6 is 11.6 Å². The van der Waals surface area contributed by atoms with Crippen molar-refractivity contribution in [3.8, 4) is 0 Å². The summed E-state index contributed by atoms with van der Waals surface area (Å²) in [6.07, 6.45) is 0. The maximum atomic E-state index is 11.5. The molecule has 1 fully saturated rings. The third kappa shape index (κ3) is 3.25. The van der Waals surface area contributed by atoms with Crippen molar-refractivity contribution in [1.82, 2.24) is 0 Å². The fourth-order valence-electron chi connectivity index (χ4n) is 2.82. The minimum atomic E-state index is 0.111. The molecule has 0 spiro atoms. The van der Waals surface area contributed by atoms with Gasteiger partial charge in [-0.05, 0) is 37.3 Å². The van der Waals surface area contributed by atoms with E-state index in [0.717, 1.165) is 42.5 Å². The number of carbonyl (C=O) groups excluding carboxylic acids is 1. The first-order chi connectivity index (χ1) is 10.6. The molecular weight excluding hydrogens is 296 g/mol. The standard InChI is InChI=1S/C18H19ClN2O/c1-14(22)15-4-2-6-17(12-15)20-8-10-21(11-9-20)18-7-3-5-16(19)13-18/h2-7,12-13H,8-11H2,1H3. The molecule has 0 aromatic heterocycles. The molecule has 22 heavy (non-hydrogen) atoms. The zero-order valence-electron chi connectivity index (χ0n) is 12.6. The van der Waals surface area contributed by atoms with E-state index in [1.807, 2.05) is 36.4 Å². The molecule has 0 N–H and O–H groups in total. The number of nitrogens with zero attached hydrogens (tertiary/aromatic N) is 2. The van der Waals surface area contributed by atoms with Gasteiger partial charge in [-0.2, -0.15) is 0 Å². The van der Waals surface area contributed by atoms with Gasteiger partial charge < -0.3 is 9.80 Å². The summed E-state index contributed by atoms with van der Waals surface area (Å²) in [7, 11) is 0. The van der Waals surface area contributed by atoms with Gasteiger partial charge in [-0.15, -0.1) is 0 Å². The Morgan fingerprint density at radius 3 is 2.00 bits per heavy atom. The fourth-order valence-corrected chi connectivity index (χ4v) is 3.00. The highest BCUT2D eigenvalue weighted by Crippen LogP contribution is 2.23. The van der Waals surface area contributed by atoms with Crippen LogP contribution in [0.25, 0.3) is 0 Å². The number of Topliss-reactive ketones (excluding diaryl/α,β-unsaturated/α-hetero) is 1. The number of rotatable bonds is 3. The number of carbonyl (C=O) groups is 1. The van der Waals surface area contributed by atoms with E-state index in [1.54, 1.807) is 6.92 Å². The predicted octanol–water partition coefficient (Wildman–Crippen LogP) is 3.87. The molecule has 1 saturated heterocycles. The van der Waals surface area contributed by atoms with Gasteiger partial charge in [0.25, 0.3) is 0 Å². The van der Waals surface area contributed by atoms with Gasteiger partial charge in [0.05, 0.1) is 0 Å². The van der Waals surface area contributed by atoms with E-state index in [9.17, 15) is 4.79 Å². The van der Waals surface area contributed by atoms with Crippen molar-refractivity contribution in [3.05, 3.63) is 59.1 Å². The topological polar surface area (TPSA) is 23.6 Å². The summed E-state index contributed by atoms with van der Waals surface area (Å²) in [5.41, 5.74) is 3.07. The molecule has 3 nitrogen and oxygen atoms in total. The summed E-state index contributed by atoms with van der Waals surface area (Å²) in [5.74, 6) is 0.111. The van der Waals surface area contributed by atoms with E-state index in [1.165, 1.54) is 5.69 Å². The second kappa shape index (κ2) is 6.41. The average Bonchev–Trinajstić information content (AvgIpc) is 2.55. The largest absolute Gasteiger partial charge is 0.368 e. The molecule has 3 rings (SSSR count). The zero-order valence-corrected chi connectivity index (χ0v) is 13.4. The third-order valence-corrected chi connectivity index (χ3v) is 4.31. The van der Waals surface area contributed by atoms with Crippen LogP contribution in [-0.2, 0) is 0 Å². The van der Waals surface area contributed by atoms with Crippen LogP contribution in [0, 0.1) is 0 Å². The number of piperazine rings is 1. The summed E-state index contributed by atoms with van der Waals surface area (Å²) in [6, 6.07) is 15.9. The Hall–Kier alpha value is -2.00. The normalized spacial score (nSPS) is 15.0. The number of benzene rings is 2. The van der Waals surface area contributed by atoms with E-state index in [0.29, 0.717) is 0 Å². The first kappa shape index (κ1) is 14.9. The Labute approximate surface area is 136 Å². The Balaban J connectivity index is 1.69. The maximum absolute atomic E-state index is 11.5. The lowest BCUT2D eigenvalue weighted by Crippen LogP contribution is -2.46. The van der Waals surface area contributed by atoms with Gasteiger partial charge in [-0.3, -0.25) is 4.79 Å². The number of ketones is 1. The highest BCUT2D eigenvalue weighted by Gasteiger charge is 2.18. The molecule has 0 atom stereocenters. The molecule has 2 aromatic rings. The SMILES string of the molecule is CC(=O)c1cccc(N2CCN(c3cccc(Cl)c3)CC2)c1. The number of halogens is 1. The van der Waals surface area contributed by atoms with E-state index in [4.69, 9.17) is 11.6 Å². The van der Waals surface area contributed by atoms with Gasteiger partial charge in [0.15, 0.2) is 5.78 Å². The molecule has 114 valence electrons. The van der Waals surface area contributed by atoms with E-state index in [2.05, 4.69) is 21.9 Å². The number of hydrogen-bond donors (Lipinski definition) is 0. The monoisotopic (exact) mass is 314 g/mol. The third-order valence-electron chi connectivity index (χ3n) is 4.07. The van der Waals surface area contributed by atoms with Crippen LogP contribution in [0.1, 0.15) is 17.3 Å². The van der Waals surface area contributed by atoms with Crippen molar-refractivity contribution in [2.75, 3.05) is 36.0 Å². The number of anilines is 2. The molecule has 0 bridgehead atoms. The molecule has 1 aliphatic heterocycles. The Morgan fingerprint density at radius 1 is 0.909 bits per heavy atom. The molecule has 2 aromatic carbocycles. The summed E-state index contributed by atoms with van der Waals surface area (Å²) in [6.45, 7) is 5.38. The van der Waals surface area contributed by atoms with Crippen molar-refractivity contribution in [2.45, 2.75) is 6.92 Å². The minimum absolute atomic E-state index is 0.111. The van der Waals surface area contributed by atoms with Crippen molar-refractivity contribution in [2.24, 2.45) is 0 Å². The van der Waals surface area contributed by atoms with E-state index in [-0.39, 0.29) is 5.78 Å². The lowest BCUT2D eigenvalue weighted by molar-refractivity contribution is 0.101. The molecule has 1 heterocycles. The molecule has 1 aliphatic rings. The van der Waals surface area contributed by atoms with E-state index < -0.39 is 0 Å². The Bertz CT molecular complexity index is 678. The molecule has 0 unspecified atom stereocenters. The Morgan fingerprint density at radius 2 is 1.45 bits per heavy atom. The quantitative estimate of drug-likeness (QED) is 0.804. The predicted molar refractivity (Wildman–Crippen MR) is 92.3 cm³/mol. The molecular formula is C18H19ClN2O. The lowest BCUT2D eigenvalue weighted by Gasteiger charge is -2.37. The van der Waals surface area contributed by atoms with Gasteiger partial charge in [-0.1, -0.05) is 29.8 Å². The molecule has 4 heteroatoms.